The fourth-order valence-corrected chi connectivity index (χ4v) is 2.02. The Labute approximate surface area is 113 Å². The number of pyridine rings is 1. The van der Waals surface area contributed by atoms with E-state index in [1.807, 2.05) is 0 Å². The molecule has 0 spiro atoms. The lowest BCUT2D eigenvalue weighted by Crippen LogP contribution is -2.20. The van der Waals surface area contributed by atoms with Crippen molar-refractivity contribution in [3.05, 3.63) is 16.3 Å². The van der Waals surface area contributed by atoms with Gasteiger partial charge in [0.25, 0.3) is 14.9 Å². The number of hydrogen-bond donors (Lipinski definition) is 0. The molecular weight excluding hydrogens is 333 g/mol. The molecule has 0 fully saturated rings. The van der Waals surface area contributed by atoms with E-state index in [9.17, 15) is 31.7 Å². The standard InChI is InChI=1S/C7H4ClF3N2O6S/c1-18-6-4(13(14)15)5(19-7(9,10)11)3(2-12-6)20(8,16)17/h2H,1H3. The number of hydrogen-bond acceptors (Lipinski definition) is 7. The van der Waals surface area contributed by atoms with Crippen molar-refractivity contribution in [1.29, 1.82) is 0 Å². The van der Waals surface area contributed by atoms with Gasteiger partial charge < -0.3 is 9.47 Å². The first-order valence-corrected chi connectivity index (χ1v) is 6.70. The summed E-state index contributed by atoms with van der Waals surface area (Å²) < 4.78 is 66.8. The molecule has 20 heavy (non-hydrogen) atoms. The molecule has 0 bridgehead atoms. The van der Waals surface area contributed by atoms with Crippen LogP contribution in [0.1, 0.15) is 0 Å². The molecule has 112 valence electrons. The van der Waals surface area contributed by atoms with E-state index in [1.165, 1.54) is 0 Å². The molecule has 0 saturated carbocycles. The van der Waals surface area contributed by atoms with Gasteiger partial charge in [-0.05, 0) is 0 Å². The van der Waals surface area contributed by atoms with E-state index >= 15 is 0 Å². The molecule has 1 heterocycles. The molecule has 0 atom stereocenters. The molecule has 0 aliphatic carbocycles. The largest absolute Gasteiger partial charge is 0.573 e. The molecule has 1 aromatic rings. The summed E-state index contributed by atoms with van der Waals surface area (Å²) in [7, 11) is 1.01. The van der Waals surface area contributed by atoms with Gasteiger partial charge in [0.05, 0.1) is 18.2 Å². The monoisotopic (exact) mass is 336 g/mol. The van der Waals surface area contributed by atoms with Crippen LogP contribution in [0.25, 0.3) is 0 Å². The molecule has 0 N–H and O–H groups in total. The zero-order chi connectivity index (χ0) is 15.7. The second-order valence-corrected chi connectivity index (χ2v) is 5.59. The van der Waals surface area contributed by atoms with Crippen LogP contribution in [0, 0.1) is 10.1 Å². The number of methoxy groups -OCH3 is 1. The van der Waals surface area contributed by atoms with Crippen LogP contribution >= 0.6 is 10.7 Å². The summed E-state index contributed by atoms with van der Waals surface area (Å²) in [6.07, 6.45) is -5.03. The van der Waals surface area contributed by atoms with E-state index < -0.39 is 42.5 Å². The maximum atomic E-state index is 12.2. The number of aromatic nitrogens is 1. The molecule has 0 aromatic carbocycles. The summed E-state index contributed by atoms with van der Waals surface area (Å²) in [6, 6.07) is 0. The van der Waals surface area contributed by atoms with Gasteiger partial charge in [0.1, 0.15) is 0 Å². The Kier molecular flexibility index (Phi) is 4.29. The lowest BCUT2D eigenvalue weighted by molar-refractivity contribution is -0.390. The van der Waals surface area contributed by atoms with E-state index in [1.54, 1.807) is 0 Å². The first kappa shape index (κ1) is 16.2. The molecule has 0 saturated heterocycles. The van der Waals surface area contributed by atoms with Gasteiger partial charge in [-0.1, -0.05) is 0 Å². The van der Waals surface area contributed by atoms with E-state index in [4.69, 9.17) is 10.7 Å². The van der Waals surface area contributed by atoms with Crippen LogP contribution in [-0.4, -0.2) is 31.8 Å². The van der Waals surface area contributed by atoms with Crippen molar-refractivity contribution in [1.82, 2.24) is 4.98 Å². The Morgan fingerprint density at radius 2 is 2.00 bits per heavy atom. The molecule has 0 aliphatic heterocycles. The molecule has 0 unspecified atom stereocenters. The maximum Gasteiger partial charge on any atom is 0.573 e. The fraction of sp³-hybridized carbons (Fsp3) is 0.286. The van der Waals surface area contributed by atoms with E-state index in [0.717, 1.165) is 7.11 Å². The van der Waals surface area contributed by atoms with Crippen LogP contribution in [0.3, 0.4) is 0 Å². The molecule has 0 aliphatic rings. The highest BCUT2D eigenvalue weighted by Gasteiger charge is 2.40. The SMILES string of the molecule is COc1ncc(S(=O)(=O)Cl)c(OC(F)(F)F)c1[N+](=O)[O-]. The highest BCUT2D eigenvalue weighted by Crippen LogP contribution is 2.43. The molecule has 1 rings (SSSR count). The van der Waals surface area contributed by atoms with Crippen LogP contribution < -0.4 is 9.47 Å². The number of ether oxygens (including phenoxy) is 2. The normalized spacial score (nSPS) is 12.1. The van der Waals surface area contributed by atoms with Gasteiger partial charge in [-0.2, -0.15) is 0 Å². The Hall–Kier alpha value is -1.82. The summed E-state index contributed by atoms with van der Waals surface area (Å²) >= 11 is 0. The van der Waals surface area contributed by atoms with Crippen molar-refractivity contribution in [2.75, 3.05) is 7.11 Å². The molecule has 0 amide bonds. The Morgan fingerprint density at radius 1 is 1.45 bits per heavy atom. The summed E-state index contributed by atoms with van der Waals surface area (Å²) in [4.78, 5) is 11.3. The second-order valence-electron chi connectivity index (χ2n) is 3.05. The van der Waals surface area contributed by atoms with Crippen molar-refractivity contribution < 1.29 is 36.0 Å². The average Bonchev–Trinajstić information content (AvgIpc) is 2.23. The van der Waals surface area contributed by atoms with Gasteiger partial charge in [-0.25, -0.2) is 13.4 Å². The fourth-order valence-electron chi connectivity index (χ4n) is 1.15. The number of halogens is 4. The zero-order valence-corrected chi connectivity index (χ0v) is 10.9. The first-order valence-electron chi connectivity index (χ1n) is 4.39. The number of alkyl halides is 3. The third-order valence-electron chi connectivity index (χ3n) is 1.80. The summed E-state index contributed by atoms with van der Waals surface area (Å²) in [6.45, 7) is 0. The second kappa shape index (κ2) is 5.28. The zero-order valence-electron chi connectivity index (χ0n) is 9.34. The van der Waals surface area contributed by atoms with Gasteiger partial charge in [-0.15, -0.1) is 13.2 Å². The number of nitrogens with zero attached hydrogens (tertiary/aromatic N) is 2. The van der Waals surface area contributed by atoms with Crippen molar-refractivity contribution in [3.8, 4) is 11.6 Å². The van der Waals surface area contributed by atoms with Crippen LogP contribution in [0.15, 0.2) is 11.1 Å². The van der Waals surface area contributed by atoms with E-state index in [-0.39, 0.29) is 0 Å². The van der Waals surface area contributed by atoms with Gasteiger partial charge in [0.2, 0.25) is 5.75 Å². The van der Waals surface area contributed by atoms with Crippen molar-refractivity contribution in [2.45, 2.75) is 11.3 Å². The minimum absolute atomic E-state index is 0.356. The molecule has 13 heteroatoms. The van der Waals surface area contributed by atoms with Crippen LogP contribution in [0.5, 0.6) is 11.6 Å². The smallest absolute Gasteiger partial charge is 0.476 e. The Balaban J connectivity index is 3.73. The predicted molar refractivity (Wildman–Crippen MR) is 57.2 cm³/mol. The Bertz CT molecular complexity index is 647. The highest BCUT2D eigenvalue weighted by molar-refractivity contribution is 8.13. The lowest BCUT2D eigenvalue weighted by Gasteiger charge is -2.12. The predicted octanol–water partition coefficient (Wildman–Crippen LogP) is 1.82. The van der Waals surface area contributed by atoms with Crippen LogP contribution in [-0.2, 0) is 9.05 Å². The van der Waals surface area contributed by atoms with Gasteiger partial charge in [0, 0.05) is 10.7 Å². The molecule has 0 radical (unpaired) electrons. The molecule has 1 aromatic heterocycles. The van der Waals surface area contributed by atoms with Crippen molar-refractivity contribution in [2.24, 2.45) is 0 Å². The maximum absolute atomic E-state index is 12.2. The van der Waals surface area contributed by atoms with E-state index in [2.05, 4.69) is 14.5 Å². The third-order valence-corrected chi connectivity index (χ3v) is 3.11. The first-order chi connectivity index (χ1) is 8.97. The van der Waals surface area contributed by atoms with E-state index in [0.29, 0.717) is 6.20 Å². The summed E-state index contributed by atoms with van der Waals surface area (Å²) in [5, 5.41) is 10.8. The third kappa shape index (κ3) is 3.60. The summed E-state index contributed by atoms with van der Waals surface area (Å²) in [5.74, 6) is -2.48. The van der Waals surface area contributed by atoms with Gasteiger partial charge in [-0.3, -0.25) is 10.1 Å². The molecular formula is C7H4ClF3N2O6S. The number of rotatable bonds is 4. The number of nitro groups is 1. The minimum atomic E-state index is -5.38. The highest BCUT2D eigenvalue weighted by atomic mass is 35.7. The van der Waals surface area contributed by atoms with Crippen LogP contribution in [0.4, 0.5) is 18.9 Å². The Morgan fingerprint density at radius 3 is 2.35 bits per heavy atom. The van der Waals surface area contributed by atoms with Crippen LogP contribution in [0.2, 0.25) is 0 Å². The van der Waals surface area contributed by atoms with Crippen molar-refractivity contribution in [3.63, 3.8) is 0 Å². The molecule has 8 nitrogen and oxygen atoms in total. The van der Waals surface area contributed by atoms with Gasteiger partial charge in [0.15, 0.2) is 4.90 Å². The topological polar surface area (TPSA) is 109 Å². The average molecular weight is 337 g/mol. The quantitative estimate of drug-likeness (QED) is 0.468. The van der Waals surface area contributed by atoms with Gasteiger partial charge >= 0.3 is 12.0 Å². The minimum Gasteiger partial charge on any atom is -0.476 e. The lowest BCUT2D eigenvalue weighted by atomic mass is 10.3. The van der Waals surface area contributed by atoms with Crippen molar-refractivity contribution >= 4 is 25.4 Å². The summed E-state index contributed by atoms with van der Waals surface area (Å²) in [5.41, 5.74) is -1.41.